The Morgan fingerprint density at radius 2 is 1.60 bits per heavy atom. The molecule has 0 saturated carbocycles. The Balaban J connectivity index is 1.65. The van der Waals surface area contributed by atoms with Gasteiger partial charge in [0.15, 0.2) is 24.7 Å². The third kappa shape index (κ3) is 16.2. The minimum Gasteiger partial charge on any atom is -0.481 e. The number of hydrogen-bond donors (Lipinski definition) is 8. The number of esters is 2. The lowest BCUT2D eigenvalue weighted by Gasteiger charge is -2.38. The summed E-state index contributed by atoms with van der Waals surface area (Å²) < 4.78 is 67.9. The summed E-state index contributed by atoms with van der Waals surface area (Å²) in [6, 6.07) is -2.90. The zero-order valence-corrected chi connectivity index (χ0v) is 40.2. The van der Waals surface area contributed by atoms with Gasteiger partial charge in [0.2, 0.25) is 5.91 Å². The Morgan fingerprint density at radius 3 is 2.23 bits per heavy atom. The third-order valence-corrected chi connectivity index (χ3v) is 12.7. The molecule has 0 radical (unpaired) electrons. The zero-order chi connectivity index (χ0) is 52.0. The highest BCUT2D eigenvalue weighted by Gasteiger charge is 2.58. The SMILES string of the molecule is CCCCCCCC/C=C\CC[C@@H](CC(=O)O[C@H]1CN(C)[C@@H]([C@H](O[C@@H]2O[C@H](CN)[C@@H](O)[C@H]2OS(=O)(=O)O)[C@H]2O[C@@H](n3ccc(=O)[nH]c3=O)[C@H](O)[C@@H]2O)C(=O)N(C)[C@@H]1C(=O)O)OC(=O)C[C@H](C)CC(=O)O. The predicted molar refractivity (Wildman–Crippen MR) is 240 cm³/mol. The molecule has 4 rings (SSSR count). The molecule has 3 aliphatic heterocycles. The van der Waals surface area contributed by atoms with Gasteiger partial charge in [0, 0.05) is 45.2 Å². The van der Waals surface area contributed by atoms with Crippen LogP contribution in [0.1, 0.15) is 97.1 Å². The fourth-order valence-corrected chi connectivity index (χ4v) is 9.19. The molecule has 3 aliphatic rings. The number of amides is 1. The summed E-state index contributed by atoms with van der Waals surface area (Å²) in [7, 11) is -3.08. The van der Waals surface area contributed by atoms with Crippen LogP contribution in [-0.2, 0) is 62.2 Å². The molecule has 1 aromatic heterocycles. The van der Waals surface area contributed by atoms with E-state index < -0.39 is 156 Å². The monoisotopic (exact) mass is 1020 g/mol. The molecule has 1 amide bonds. The zero-order valence-electron chi connectivity index (χ0n) is 39.4. The number of aliphatic carboxylic acids is 2. The van der Waals surface area contributed by atoms with Crippen molar-refractivity contribution >= 4 is 40.2 Å². The smallest absolute Gasteiger partial charge is 0.397 e. The number of unbranched alkanes of at least 4 members (excludes halogenated alkanes) is 6. The topological polar surface area (TPSA) is 384 Å². The normalized spacial score (nSPS) is 28.9. The molecule has 0 unspecified atom stereocenters. The molecule has 396 valence electrons. The number of aliphatic hydroxyl groups is 3. The first-order chi connectivity index (χ1) is 33.0. The number of rotatable bonds is 27. The Labute approximate surface area is 403 Å². The maximum absolute atomic E-state index is 14.7. The maximum Gasteiger partial charge on any atom is 0.397 e. The second-order valence-electron chi connectivity index (χ2n) is 17.8. The van der Waals surface area contributed by atoms with Crippen LogP contribution >= 0.6 is 0 Å². The minimum absolute atomic E-state index is 0.126. The number of likely N-dealkylation sites (N-methyl/N-ethyl adjacent to an activating group) is 2. The van der Waals surface area contributed by atoms with Gasteiger partial charge >= 0.3 is 40.0 Å². The van der Waals surface area contributed by atoms with E-state index in [9.17, 15) is 72.1 Å². The number of allylic oxidation sites excluding steroid dienone is 2. The molecule has 0 aromatic carbocycles. The van der Waals surface area contributed by atoms with E-state index in [1.807, 2.05) is 17.1 Å². The summed E-state index contributed by atoms with van der Waals surface area (Å²) in [6.45, 7) is 2.59. The summed E-state index contributed by atoms with van der Waals surface area (Å²) in [5, 5.41) is 53.4. The highest BCUT2D eigenvalue weighted by atomic mass is 32.3. The molecule has 26 nitrogen and oxygen atoms in total. The van der Waals surface area contributed by atoms with E-state index in [4.69, 9.17) is 29.4 Å². The van der Waals surface area contributed by atoms with Crippen LogP contribution in [0, 0.1) is 5.92 Å². The Morgan fingerprint density at radius 1 is 0.929 bits per heavy atom. The van der Waals surface area contributed by atoms with Crippen LogP contribution in [0.5, 0.6) is 0 Å². The molecule has 4 heterocycles. The molecule has 0 spiro atoms. The first kappa shape index (κ1) is 57.9. The van der Waals surface area contributed by atoms with Gasteiger partial charge in [0.25, 0.3) is 5.56 Å². The standard InChI is InChI=1S/C43H67N5O21S/c1-5-6-7-8-9-10-11-12-13-14-15-24(64-29(52)19-23(2)18-28(50)51)20-30(53)65-26-22-46(3)32(39(57)47(4)31(26)41(58)59)36(68-42-38(69-70(61,62)63)33(54)25(21-44)66-42)37-34(55)35(56)40(67-37)48-17-16-27(49)45-43(48)60/h12-13,16-17,23-26,31-38,40,42,54-56H,5-11,14-15,18-22,44H2,1-4H3,(H,50,51)(H,58,59)(H,45,49,60)(H,61,62,63)/b13-12-/t23-,24+,25-,26+,31+,32+,33-,34+,35-,36+,37+,38-,40-,42+/m1/s1. The first-order valence-corrected chi connectivity index (χ1v) is 24.5. The number of carboxylic acids is 2. The van der Waals surface area contributed by atoms with E-state index in [-0.39, 0.29) is 19.3 Å². The lowest BCUT2D eigenvalue weighted by Crippen LogP contribution is -2.60. The van der Waals surface area contributed by atoms with E-state index in [2.05, 4.69) is 11.1 Å². The van der Waals surface area contributed by atoms with Crippen LogP contribution in [0.3, 0.4) is 0 Å². The number of H-pyrrole nitrogens is 1. The predicted octanol–water partition coefficient (Wildman–Crippen LogP) is -1.20. The maximum atomic E-state index is 14.7. The van der Waals surface area contributed by atoms with Crippen molar-refractivity contribution in [1.82, 2.24) is 19.4 Å². The molecule has 0 bridgehead atoms. The first-order valence-electron chi connectivity index (χ1n) is 23.1. The molecule has 0 aliphatic carbocycles. The quantitative estimate of drug-likeness (QED) is 0.0222. The molecule has 3 saturated heterocycles. The van der Waals surface area contributed by atoms with Gasteiger partial charge in [-0.05, 0) is 38.6 Å². The van der Waals surface area contributed by atoms with Crippen molar-refractivity contribution in [2.75, 3.05) is 27.2 Å². The van der Waals surface area contributed by atoms with Gasteiger partial charge < -0.3 is 59.9 Å². The van der Waals surface area contributed by atoms with E-state index in [0.717, 1.165) is 62.7 Å². The van der Waals surface area contributed by atoms with Crippen molar-refractivity contribution in [3.8, 4) is 0 Å². The van der Waals surface area contributed by atoms with Gasteiger partial charge in [-0.3, -0.25) is 43.0 Å². The van der Waals surface area contributed by atoms with Crippen LogP contribution in [0.4, 0.5) is 0 Å². The van der Waals surface area contributed by atoms with Gasteiger partial charge in [-0.15, -0.1) is 0 Å². The summed E-state index contributed by atoms with van der Waals surface area (Å²) in [5.41, 5.74) is 3.78. The summed E-state index contributed by atoms with van der Waals surface area (Å²) in [6.07, 6.45) is -8.68. The largest absolute Gasteiger partial charge is 0.481 e. The fourth-order valence-electron chi connectivity index (χ4n) is 8.70. The summed E-state index contributed by atoms with van der Waals surface area (Å²) in [4.78, 5) is 94.1. The third-order valence-electron chi connectivity index (χ3n) is 12.2. The lowest BCUT2D eigenvalue weighted by molar-refractivity contribution is -0.230. The van der Waals surface area contributed by atoms with E-state index >= 15 is 0 Å². The number of ether oxygens (including phenoxy) is 5. The van der Waals surface area contributed by atoms with E-state index in [0.29, 0.717) is 15.9 Å². The number of carboxylic acid groups (broad SMARTS) is 2. The molecular formula is C43H67N5O21S. The fraction of sp³-hybridized carbons (Fsp3) is 0.744. The number of carbonyl (C=O) groups excluding carboxylic acids is 3. The number of aromatic nitrogens is 2. The Bertz CT molecular complexity index is 2190. The highest BCUT2D eigenvalue weighted by molar-refractivity contribution is 7.80. The minimum atomic E-state index is -5.37. The molecule has 1 aromatic rings. The summed E-state index contributed by atoms with van der Waals surface area (Å²) >= 11 is 0. The number of nitrogens with one attached hydrogen (secondary N) is 1. The van der Waals surface area contributed by atoms with E-state index in [1.165, 1.54) is 13.5 Å². The number of aliphatic hydroxyl groups excluding tert-OH is 3. The Kier molecular flexibility index (Phi) is 22.1. The average Bonchev–Trinajstić information content (AvgIpc) is 3.68. The van der Waals surface area contributed by atoms with Crippen molar-refractivity contribution in [1.29, 1.82) is 0 Å². The van der Waals surface area contributed by atoms with Crippen LogP contribution < -0.4 is 17.0 Å². The van der Waals surface area contributed by atoms with Gasteiger partial charge in [-0.2, -0.15) is 8.42 Å². The van der Waals surface area contributed by atoms with Gasteiger partial charge in [-0.1, -0.05) is 58.1 Å². The molecular weight excluding hydrogens is 955 g/mol. The van der Waals surface area contributed by atoms with Crippen LogP contribution in [0.25, 0.3) is 0 Å². The molecule has 9 N–H and O–H groups in total. The van der Waals surface area contributed by atoms with E-state index in [1.54, 1.807) is 6.92 Å². The van der Waals surface area contributed by atoms with Crippen LogP contribution in [0.15, 0.2) is 34.0 Å². The van der Waals surface area contributed by atoms with Crippen LogP contribution in [0.2, 0.25) is 0 Å². The lowest BCUT2D eigenvalue weighted by atomic mass is 9.97. The van der Waals surface area contributed by atoms with Crippen LogP contribution in [-0.4, -0.2) is 188 Å². The van der Waals surface area contributed by atoms with Gasteiger partial charge in [-0.25, -0.2) is 13.8 Å². The highest BCUT2D eigenvalue weighted by Crippen LogP contribution is 2.37. The second-order valence-corrected chi connectivity index (χ2v) is 18.9. The van der Waals surface area contributed by atoms with Gasteiger partial charge in [0.05, 0.1) is 6.42 Å². The number of nitrogens with two attached hydrogens (primary N) is 1. The Hall–Kier alpha value is -4.68. The molecule has 3 fully saturated rings. The number of aromatic amines is 1. The van der Waals surface area contributed by atoms with Gasteiger partial charge in [0.1, 0.15) is 54.9 Å². The average molecular weight is 1020 g/mol. The summed E-state index contributed by atoms with van der Waals surface area (Å²) in [5.74, 6) is -6.35. The van der Waals surface area contributed by atoms with Crippen molar-refractivity contribution < 1.29 is 90.3 Å². The van der Waals surface area contributed by atoms with Crippen molar-refractivity contribution in [2.45, 2.75) is 170 Å². The van der Waals surface area contributed by atoms with Crippen molar-refractivity contribution in [3.63, 3.8) is 0 Å². The second kappa shape index (κ2) is 26.7. The molecule has 14 atom stereocenters. The number of carbonyl (C=O) groups is 5. The van der Waals surface area contributed by atoms with Crippen molar-refractivity contribution in [2.24, 2.45) is 11.7 Å². The number of nitrogens with zero attached hydrogens (tertiary/aromatic N) is 3. The molecule has 27 heteroatoms. The van der Waals surface area contributed by atoms with Crippen molar-refractivity contribution in [3.05, 3.63) is 45.3 Å². The number of hydrogen-bond acceptors (Lipinski definition) is 20. The molecule has 70 heavy (non-hydrogen) atoms.